The van der Waals surface area contributed by atoms with Gasteiger partial charge in [0.25, 0.3) is 0 Å². The number of nitrogens with one attached hydrogen (secondary N) is 2. The van der Waals surface area contributed by atoms with E-state index >= 15 is 0 Å². The van der Waals surface area contributed by atoms with Crippen LogP contribution in [0.1, 0.15) is 33.1 Å². The molecule has 1 aromatic carbocycles. The van der Waals surface area contributed by atoms with Gasteiger partial charge in [-0.25, -0.2) is 5.43 Å². The van der Waals surface area contributed by atoms with Crippen LogP contribution in [0.5, 0.6) is 0 Å². The number of hydrazine groups is 1. The maximum absolute atomic E-state index is 5.40. The van der Waals surface area contributed by atoms with Gasteiger partial charge in [0.1, 0.15) is 5.66 Å². The third kappa shape index (κ3) is 3.02. The van der Waals surface area contributed by atoms with Gasteiger partial charge in [0.05, 0.1) is 5.69 Å². The van der Waals surface area contributed by atoms with E-state index in [-0.39, 0.29) is 5.66 Å². The average molecular weight is 328 g/mol. The van der Waals surface area contributed by atoms with E-state index < -0.39 is 0 Å². The Morgan fingerprint density at radius 2 is 2.00 bits per heavy atom. The number of hydrogen-bond acceptors (Lipinski definition) is 2. The molecule has 1 unspecified atom stereocenters. The van der Waals surface area contributed by atoms with Crippen LogP contribution in [0.2, 0.25) is 0 Å². The summed E-state index contributed by atoms with van der Waals surface area (Å²) in [6.45, 7) is 4.34. The number of unbranched alkanes of at least 4 members (excludes halogenated alkanes) is 1. The molecule has 2 N–H and O–H groups in total. The minimum absolute atomic E-state index is 0.139. The van der Waals surface area contributed by atoms with Gasteiger partial charge in [0.2, 0.25) is 0 Å². The Balaban J connectivity index is 2.11. The third-order valence-electron chi connectivity index (χ3n) is 3.06. The van der Waals surface area contributed by atoms with Gasteiger partial charge in [-0.15, -0.1) is 0 Å². The van der Waals surface area contributed by atoms with Crippen molar-refractivity contribution in [3.05, 3.63) is 28.7 Å². The van der Waals surface area contributed by atoms with Gasteiger partial charge < -0.3 is 5.32 Å². The molecule has 18 heavy (non-hydrogen) atoms. The van der Waals surface area contributed by atoms with Crippen molar-refractivity contribution in [1.29, 1.82) is 0 Å². The van der Waals surface area contributed by atoms with Crippen molar-refractivity contribution in [3.63, 3.8) is 0 Å². The summed E-state index contributed by atoms with van der Waals surface area (Å²) < 4.78 is 1.07. The van der Waals surface area contributed by atoms with Gasteiger partial charge in [0.15, 0.2) is 5.11 Å². The molecule has 1 heterocycles. The fourth-order valence-electron chi connectivity index (χ4n) is 2.04. The first kappa shape index (κ1) is 13.8. The highest BCUT2D eigenvalue weighted by atomic mass is 79.9. The Morgan fingerprint density at radius 1 is 1.33 bits per heavy atom. The van der Waals surface area contributed by atoms with Crippen molar-refractivity contribution < 1.29 is 0 Å². The van der Waals surface area contributed by atoms with E-state index in [1.807, 2.05) is 29.3 Å². The largest absolute Gasteiger partial charge is 0.342 e. The van der Waals surface area contributed by atoms with Crippen LogP contribution in [0.25, 0.3) is 0 Å². The van der Waals surface area contributed by atoms with Gasteiger partial charge in [-0.2, -0.15) is 0 Å². The van der Waals surface area contributed by atoms with Crippen LogP contribution in [0, 0.1) is 0 Å². The molecule has 1 aliphatic rings. The summed E-state index contributed by atoms with van der Waals surface area (Å²) in [6.07, 6.45) is 3.41. The molecule has 3 nitrogen and oxygen atoms in total. The molecule has 1 fully saturated rings. The number of thiocarbonyl (C=S) groups is 1. The summed E-state index contributed by atoms with van der Waals surface area (Å²) in [7, 11) is 0. The van der Waals surface area contributed by atoms with E-state index in [1.54, 1.807) is 0 Å². The van der Waals surface area contributed by atoms with E-state index in [0.29, 0.717) is 0 Å². The molecular formula is C13H18BrN3S. The normalized spacial score (nSPS) is 23.3. The number of halogens is 1. The van der Waals surface area contributed by atoms with Crippen LogP contribution in [-0.4, -0.2) is 10.8 Å². The van der Waals surface area contributed by atoms with Gasteiger partial charge >= 0.3 is 0 Å². The zero-order valence-electron chi connectivity index (χ0n) is 10.7. The van der Waals surface area contributed by atoms with Crippen LogP contribution in [0.4, 0.5) is 5.69 Å². The fourth-order valence-corrected chi connectivity index (χ4v) is 2.68. The topological polar surface area (TPSA) is 27.3 Å². The van der Waals surface area contributed by atoms with Crippen molar-refractivity contribution >= 4 is 38.9 Å². The Labute approximate surface area is 122 Å². The van der Waals surface area contributed by atoms with Crippen molar-refractivity contribution in [2.45, 2.75) is 38.8 Å². The highest BCUT2D eigenvalue weighted by molar-refractivity contribution is 9.10. The zero-order chi connectivity index (χ0) is 13.2. The first-order valence-corrected chi connectivity index (χ1v) is 7.40. The van der Waals surface area contributed by atoms with E-state index in [4.69, 9.17) is 12.2 Å². The average Bonchev–Trinajstić information content (AvgIpc) is 2.64. The van der Waals surface area contributed by atoms with Crippen LogP contribution in [0.15, 0.2) is 28.7 Å². The highest BCUT2D eigenvalue weighted by Gasteiger charge is 2.35. The molecule has 0 aromatic heterocycles. The lowest BCUT2D eigenvalue weighted by Gasteiger charge is -2.25. The molecule has 5 heteroatoms. The molecule has 0 spiro atoms. The summed E-state index contributed by atoms with van der Waals surface area (Å²) in [5.41, 5.74) is 4.37. The zero-order valence-corrected chi connectivity index (χ0v) is 13.1. The van der Waals surface area contributed by atoms with Crippen molar-refractivity contribution in [2.24, 2.45) is 0 Å². The molecule has 1 saturated heterocycles. The van der Waals surface area contributed by atoms with Crippen molar-refractivity contribution in [3.8, 4) is 0 Å². The Morgan fingerprint density at radius 3 is 2.61 bits per heavy atom. The minimum atomic E-state index is -0.139. The lowest BCUT2D eigenvalue weighted by Crippen LogP contribution is -2.48. The third-order valence-corrected chi connectivity index (χ3v) is 3.87. The standard InChI is InChI=1S/C13H18BrN3S/c1-3-4-9-13(2)15-12(18)17(16-13)11-7-5-10(14)6-8-11/h5-8,16H,3-4,9H2,1-2H3,(H,15,18). The molecule has 1 aromatic rings. The Kier molecular flexibility index (Phi) is 4.25. The van der Waals surface area contributed by atoms with Gasteiger partial charge in [0, 0.05) is 4.47 Å². The number of hydrogen-bond donors (Lipinski definition) is 2. The Hall–Kier alpha value is -0.650. The maximum atomic E-state index is 5.40. The van der Waals surface area contributed by atoms with Gasteiger partial charge in [-0.3, -0.25) is 5.01 Å². The summed E-state index contributed by atoms with van der Waals surface area (Å²) in [5, 5.41) is 6.04. The number of benzene rings is 1. The van der Waals surface area contributed by atoms with Crippen molar-refractivity contribution in [2.75, 3.05) is 5.01 Å². The summed E-state index contributed by atoms with van der Waals surface area (Å²) >= 11 is 8.83. The highest BCUT2D eigenvalue weighted by Crippen LogP contribution is 2.24. The second-order valence-electron chi connectivity index (χ2n) is 4.79. The Bertz CT molecular complexity index is 434. The SMILES string of the molecule is CCCCC1(C)NC(=S)N(c2ccc(Br)cc2)N1. The van der Waals surface area contributed by atoms with Crippen LogP contribution >= 0.6 is 28.1 Å². The monoisotopic (exact) mass is 327 g/mol. The second kappa shape index (κ2) is 5.55. The molecule has 0 saturated carbocycles. The minimum Gasteiger partial charge on any atom is -0.342 e. The second-order valence-corrected chi connectivity index (χ2v) is 6.09. The molecule has 0 radical (unpaired) electrons. The molecule has 0 aliphatic carbocycles. The molecule has 0 bridgehead atoms. The smallest absolute Gasteiger partial charge is 0.189 e. The summed E-state index contributed by atoms with van der Waals surface area (Å²) in [6, 6.07) is 8.11. The van der Waals surface area contributed by atoms with Crippen LogP contribution in [-0.2, 0) is 0 Å². The fraction of sp³-hybridized carbons (Fsp3) is 0.462. The predicted molar refractivity (Wildman–Crippen MR) is 83.4 cm³/mol. The molecule has 1 aliphatic heterocycles. The quantitative estimate of drug-likeness (QED) is 0.827. The van der Waals surface area contributed by atoms with Crippen molar-refractivity contribution in [1.82, 2.24) is 10.7 Å². The summed E-state index contributed by atoms with van der Waals surface area (Å²) in [5.74, 6) is 0. The maximum Gasteiger partial charge on any atom is 0.189 e. The molecular weight excluding hydrogens is 310 g/mol. The molecule has 2 rings (SSSR count). The molecule has 98 valence electrons. The van der Waals surface area contributed by atoms with E-state index in [2.05, 4.69) is 40.5 Å². The van der Waals surface area contributed by atoms with Gasteiger partial charge in [-0.05, 0) is 56.2 Å². The molecule has 0 amide bonds. The lowest BCUT2D eigenvalue weighted by molar-refractivity contribution is 0.337. The molecule has 1 atom stereocenters. The first-order valence-electron chi connectivity index (χ1n) is 6.20. The van der Waals surface area contributed by atoms with E-state index in [1.165, 1.54) is 12.8 Å². The number of nitrogens with zero attached hydrogens (tertiary/aromatic N) is 1. The summed E-state index contributed by atoms with van der Waals surface area (Å²) in [4.78, 5) is 0. The van der Waals surface area contributed by atoms with Gasteiger partial charge in [-0.1, -0.05) is 29.3 Å². The van der Waals surface area contributed by atoms with Crippen LogP contribution in [0.3, 0.4) is 0 Å². The van der Waals surface area contributed by atoms with E-state index in [9.17, 15) is 0 Å². The van der Waals surface area contributed by atoms with E-state index in [0.717, 1.165) is 21.7 Å². The first-order chi connectivity index (χ1) is 8.54. The predicted octanol–water partition coefficient (Wildman–Crippen LogP) is 3.55. The lowest BCUT2D eigenvalue weighted by atomic mass is 10.1. The number of anilines is 1. The van der Waals surface area contributed by atoms with Crippen LogP contribution < -0.4 is 15.8 Å². The number of rotatable bonds is 4.